The van der Waals surface area contributed by atoms with E-state index in [4.69, 9.17) is 0 Å². The molecule has 0 atom stereocenters. The Labute approximate surface area is 90.9 Å². The molecule has 0 spiro atoms. The predicted octanol–water partition coefficient (Wildman–Crippen LogP) is 2.23. The van der Waals surface area contributed by atoms with E-state index in [1.165, 1.54) is 0 Å². The van der Waals surface area contributed by atoms with E-state index >= 15 is 0 Å². The molecule has 0 heterocycles. The lowest BCUT2D eigenvalue weighted by atomic mass is 10.2. The highest BCUT2D eigenvalue weighted by molar-refractivity contribution is 5.99. The van der Waals surface area contributed by atoms with Crippen molar-refractivity contribution < 1.29 is 0 Å². The molecule has 0 saturated carbocycles. The first-order valence-electron chi connectivity index (χ1n) is 4.85. The standard InChI is InChI=1S/C12H17N3/c1-9(2)15-12(14-4)10-5-7-11(13-3)8-6-10/h5-8,13H,1H2,2-4H3,(H,14,15). The molecule has 1 aromatic rings. The van der Waals surface area contributed by atoms with Gasteiger partial charge in [-0.05, 0) is 31.2 Å². The smallest absolute Gasteiger partial charge is 0.132 e. The van der Waals surface area contributed by atoms with E-state index in [-0.39, 0.29) is 0 Å². The van der Waals surface area contributed by atoms with Crippen molar-refractivity contribution in [3.63, 3.8) is 0 Å². The van der Waals surface area contributed by atoms with E-state index in [2.05, 4.69) is 22.2 Å². The first-order valence-corrected chi connectivity index (χ1v) is 4.85. The third kappa shape index (κ3) is 3.13. The largest absolute Gasteiger partial charge is 0.388 e. The topological polar surface area (TPSA) is 36.4 Å². The maximum atomic E-state index is 4.18. The van der Waals surface area contributed by atoms with Crippen LogP contribution in [-0.4, -0.2) is 19.9 Å². The number of hydrogen-bond donors (Lipinski definition) is 2. The molecule has 0 bridgehead atoms. The van der Waals surface area contributed by atoms with Gasteiger partial charge < -0.3 is 10.6 Å². The number of allylic oxidation sites excluding steroid dienone is 1. The van der Waals surface area contributed by atoms with Crippen molar-refractivity contribution in [1.29, 1.82) is 0 Å². The van der Waals surface area contributed by atoms with Crippen molar-refractivity contribution in [3.05, 3.63) is 42.1 Å². The fourth-order valence-corrected chi connectivity index (χ4v) is 1.25. The molecule has 1 aromatic carbocycles. The molecule has 0 fully saturated rings. The monoisotopic (exact) mass is 203 g/mol. The molecule has 0 aromatic heterocycles. The van der Waals surface area contributed by atoms with Gasteiger partial charge in [0, 0.05) is 31.0 Å². The molecular weight excluding hydrogens is 186 g/mol. The maximum Gasteiger partial charge on any atom is 0.132 e. The molecular formula is C12H17N3. The zero-order valence-corrected chi connectivity index (χ0v) is 9.46. The molecule has 0 radical (unpaired) electrons. The SMILES string of the molecule is C=C(C)N/C(=N\C)c1ccc(NC)cc1. The molecule has 0 aliphatic rings. The van der Waals surface area contributed by atoms with Gasteiger partial charge in [-0.15, -0.1) is 0 Å². The van der Waals surface area contributed by atoms with Crippen molar-refractivity contribution in [2.75, 3.05) is 19.4 Å². The maximum absolute atomic E-state index is 4.18. The van der Waals surface area contributed by atoms with Gasteiger partial charge in [0.25, 0.3) is 0 Å². The fraction of sp³-hybridized carbons (Fsp3) is 0.250. The van der Waals surface area contributed by atoms with Crippen LogP contribution >= 0.6 is 0 Å². The van der Waals surface area contributed by atoms with Gasteiger partial charge in [0.2, 0.25) is 0 Å². The molecule has 3 nitrogen and oxygen atoms in total. The quantitative estimate of drug-likeness (QED) is 0.584. The zero-order chi connectivity index (χ0) is 11.3. The van der Waals surface area contributed by atoms with Gasteiger partial charge in [0.1, 0.15) is 5.84 Å². The number of aliphatic imine (C=N–C) groups is 1. The number of benzene rings is 1. The third-order valence-electron chi connectivity index (χ3n) is 2.00. The number of rotatable bonds is 3. The summed E-state index contributed by atoms with van der Waals surface area (Å²) in [5, 5.41) is 6.19. The van der Waals surface area contributed by atoms with Gasteiger partial charge >= 0.3 is 0 Å². The van der Waals surface area contributed by atoms with E-state index in [1.807, 2.05) is 38.2 Å². The van der Waals surface area contributed by atoms with Crippen LogP contribution < -0.4 is 10.6 Å². The molecule has 0 saturated heterocycles. The molecule has 2 N–H and O–H groups in total. The first kappa shape index (κ1) is 11.3. The summed E-state index contributed by atoms with van der Waals surface area (Å²) in [6.07, 6.45) is 0. The summed E-state index contributed by atoms with van der Waals surface area (Å²) in [6, 6.07) is 8.06. The minimum atomic E-state index is 0.838. The second-order valence-corrected chi connectivity index (χ2v) is 3.30. The minimum Gasteiger partial charge on any atom is -0.388 e. The Morgan fingerprint density at radius 1 is 1.27 bits per heavy atom. The fourth-order valence-electron chi connectivity index (χ4n) is 1.25. The Kier molecular flexibility index (Phi) is 3.92. The van der Waals surface area contributed by atoms with Gasteiger partial charge in [-0.25, -0.2) is 0 Å². The van der Waals surface area contributed by atoms with E-state index < -0.39 is 0 Å². The van der Waals surface area contributed by atoms with E-state index in [9.17, 15) is 0 Å². The van der Waals surface area contributed by atoms with Crippen molar-refractivity contribution >= 4 is 11.5 Å². The Bertz CT molecular complexity index is 363. The van der Waals surface area contributed by atoms with Gasteiger partial charge in [0.05, 0.1) is 0 Å². The number of nitrogens with zero attached hydrogens (tertiary/aromatic N) is 1. The summed E-state index contributed by atoms with van der Waals surface area (Å²) in [4.78, 5) is 4.18. The molecule has 3 heteroatoms. The highest BCUT2D eigenvalue weighted by Gasteiger charge is 2.01. The zero-order valence-electron chi connectivity index (χ0n) is 9.46. The third-order valence-corrected chi connectivity index (χ3v) is 2.00. The van der Waals surface area contributed by atoms with Crippen molar-refractivity contribution in [1.82, 2.24) is 5.32 Å². The average Bonchev–Trinajstić information content (AvgIpc) is 2.26. The van der Waals surface area contributed by atoms with Crippen LogP contribution in [0, 0.1) is 0 Å². The second-order valence-electron chi connectivity index (χ2n) is 3.30. The van der Waals surface area contributed by atoms with Crippen LogP contribution in [0.1, 0.15) is 12.5 Å². The molecule has 1 rings (SSSR count). The average molecular weight is 203 g/mol. The lowest BCUT2D eigenvalue weighted by Gasteiger charge is -2.09. The normalized spacial score (nSPS) is 11.0. The van der Waals surface area contributed by atoms with Crippen LogP contribution in [-0.2, 0) is 0 Å². The predicted molar refractivity (Wildman–Crippen MR) is 66.4 cm³/mol. The number of amidine groups is 1. The number of hydrogen-bond acceptors (Lipinski definition) is 2. The van der Waals surface area contributed by atoms with Crippen molar-refractivity contribution in [2.45, 2.75) is 6.92 Å². The summed E-state index contributed by atoms with van der Waals surface area (Å²) in [7, 11) is 3.66. The Hall–Kier alpha value is -1.77. The first-order chi connectivity index (χ1) is 7.17. The van der Waals surface area contributed by atoms with Crippen molar-refractivity contribution in [2.24, 2.45) is 4.99 Å². The molecule has 15 heavy (non-hydrogen) atoms. The van der Waals surface area contributed by atoms with Crippen LogP contribution in [0.4, 0.5) is 5.69 Å². The van der Waals surface area contributed by atoms with Crippen LogP contribution in [0.25, 0.3) is 0 Å². The highest BCUT2D eigenvalue weighted by Crippen LogP contribution is 2.09. The minimum absolute atomic E-state index is 0.838. The molecule has 0 amide bonds. The molecule has 80 valence electrons. The highest BCUT2D eigenvalue weighted by atomic mass is 15.0. The molecule has 0 unspecified atom stereocenters. The molecule has 0 aliphatic carbocycles. The Morgan fingerprint density at radius 2 is 1.87 bits per heavy atom. The van der Waals surface area contributed by atoms with Gasteiger partial charge in [0.15, 0.2) is 0 Å². The van der Waals surface area contributed by atoms with Crippen LogP contribution in [0.15, 0.2) is 41.5 Å². The lowest BCUT2D eigenvalue weighted by molar-refractivity contribution is 1.11. The summed E-state index contributed by atoms with van der Waals surface area (Å²) < 4.78 is 0. The van der Waals surface area contributed by atoms with Gasteiger partial charge in [-0.3, -0.25) is 4.99 Å². The summed E-state index contributed by atoms with van der Waals surface area (Å²) >= 11 is 0. The van der Waals surface area contributed by atoms with E-state index in [1.54, 1.807) is 7.05 Å². The van der Waals surface area contributed by atoms with E-state index in [0.717, 1.165) is 22.8 Å². The van der Waals surface area contributed by atoms with Gasteiger partial charge in [-0.2, -0.15) is 0 Å². The Morgan fingerprint density at radius 3 is 2.27 bits per heavy atom. The van der Waals surface area contributed by atoms with Gasteiger partial charge in [-0.1, -0.05) is 6.58 Å². The van der Waals surface area contributed by atoms with Crippen molar-refractivity contribution in [3.8, 4) is 0 Å². The summed E-state index contributed by atoms with van der Waals surface area (Å²) in [5.41, 5.74) is 3.03. The molecule has 0 aliphatic heterocycles. The van der Waals surface area contributed by atoms with E-state index in [0.29, 0.717) is 0 Å². The van der Waals surface area contributed by atoms with Crippen LogP contribution in [0.5, 0.6) is 0 Å². The van der Waals surface area contributed by atoms with Crippen LogP contribution in [0.2, 0.25) is 0 Å². The second kappa shape index (κ2) is 5.20. The number of nitrogens with one attached hydrogen (secondary N) is 2. The Balaban J connectivity index is 2.89. The lowest BCUT2D eigenvalue weighted by Crippen LogP contribution is -2.21. The summed E-state index contributed by atoms with van der Waals surface area (Å²) in [5.74, 6) is 0.838. The number of anilines is 1. The summed E-state index contributed by atoms with van der Waals surface area (Å²) in [6.45, 7) is 5.71. The van der Waals surface area contributed by atoms with Crippen LogP contribution in [0.3, 0.4) is 0 Å².